The number of imide groups is 2. The number of carboxylic acid groups (broad SMARTS) is 1. The first kappa shape index (κ1) is 41.2. The minimum absolute atomic E-state index is 0.0915. The Morgan fingerprint density at radius 3 is 2.18 bits per heavy atom. The first-order valence-electron chi connectivity index (χ1n) is 17.5. The number of aromatic hydroxyl groups is 2. The van der Waals surface area contributed by atoms with Gasteiger partial charge in [0.25, 0.3) is 23.6 Å². The minimum Gasteiger partial charge on any atom is -0.508 e. The van der Waals surface area contributed by atoms with Crippen molar-refractivity contribution < 1.29 is 48.9 Å². The molecule has 0 saturated carbocycles. The molecule has 56 heavy (non-hydrogen) atoms. The van der Waals surface area contributed by atoms with Crippen molar-refractivity contribution in [3.63, 3.8) is 0 Å². The summed E-state index contributed by atoms with van der Waals surface area (Å²) in [5, 5.41) is 32.4. The number of carboxylic acids is 1. The van der Waals surface area contributed by atoms with Crippen LogP contribution in [0.25, 0.3) is 11.4 Å². The van der Waals surface area contributed by atoms with E-state index in [4.69, 9.17) is 11.5 Å². The predicted octanol–water partition coefficient (Wildman–Crippen LogP) is 1.25. The monoisotopic (exact) mass is 790 g/mol. The van der Waals surface area contributed by atoms with Gasteiger partial charge in [-0.05, 0) is 81.6 Å². The topological polar surface area (TPSA) is 280 Å². The molecule has 3 heterocycles. The molecule has 6 amide bonds. The molecule has 3 aromatic rings. The fourth-order valence-corrected chi connectivity index (χ4v) is 8.41. The molecule has 296 valence electrons. The number of β-lactam (4-membered cyclic amide) rings is 1. The summed E-state index contributed by atoms with van der Waals surface area (Å²) in [6.07, 6.45) is 2.36. The van der Waals surface area contributed by atoms with E-state index < -0.39 is 87.1 Å². The second-order valence-corrected chi connectivity index (χ2v) is 15.6. The number of hydrogen-bond acceptors (Lipinski definition) is 14. The summed E-state index contributed by atoms with van der Waals surface area (Å²) in [6.45, 7) is 6.11. The quantitative estimate of drug-likeness (QED) is 0.105. The number of carbonyl (C=O) groups excluding carboxylic acids is 6. The average molecular weight is 791 g/mol. The lowest BCUT2D eigenvalue weighted by atomic mass is 9.94. The number of aromatic nitrogens is 2. The predicted molar refractivity (Wildman–Crippen MR) is 202 cm³/mol. The van der Waals surface area contributed by atoms with E-state index in [1.54, 1.807) is 13.8 Å². The van der Waals surface area contributed by atoms with Gasteiger partial charge in [0.1, 0.15) is 40.9 Å². The zero-order chi connectivity index (χ0) is 41.2. The molecule has 8 N–H and O–H groups in total. The SMILES string of the molecule is CC(=O)NC(CCCCN)C(=O)N(C(C)=O)c1ccc(-c2ncc(C(=O)N(C(=O)C(N)c3ccc(O)cc3)[C@@H]3C(=O)N4[C@@H]3SC(C)(C)[C@@H]4C(=O)O)c(O)n2)cc1. The molecule has 0 radical (unpaired) electrons. The fourth-order valence-electron chi connectivity index (χ4n) is 6.74. The lowest BCUT2D eigenvalue weighted by molar-refractivity contribution is -0.166. The van der Waals surface area contributed by atoms with Gasteiger partial charge in [-0.25, -0.2) is 14.7 Å². The Morgan fingerprint density at radius 2 is 1.62 bits per heavy atom. The number of phenols is 1. The number of hydrogen-bond donors (Lipinski definition) is 6. The highest BCUT2D eigenvalue weighted by molar-refractivity contribution is 8.01. The maximum Gasteiger partial charge on any atom is 0.327 e. The maximum absolute atomic E-state index is 14.2. The van der Waals surface area contributed by atoms with Gasteiger partial charge in [0.15, 0.2) is 5.82 Å². The highest BCUT2D eigenvalue weighted by Gasteiger charge is 2.67. The number of carbonyl (C=O) groups is 7. The summed E-state index contributed by atoms with van der Waals surface area (Å²) in [5.41, 5.74) is 12.0. The lowest BCUT2D eigenvalue weighted by Gasteiger charge is -2.47. The van der Waals surface area contributed by atoms with E-state index in [2.05, 4.69) is 15.3 Å². The second kappa shape index (κ2) is 16.4. The molecular weight excluding hydrogens is 749 g/mol. The Balaban J connectivity index is 1.44. The van der Waals surface area contributed by atoms with Crippen LogP contribution in [-0.4, -0.2) is 111 Å². The zero-order valence-electron chi connectivity index (χ0n) is 30.9. The Bertz CT molecular complexity index is 2060. The number of phenolic OH excluding ortho intramolecular Hbond substituents is 1. The van der Waals surface area contributed by atoms with Crippen LogP contribution in [0.1, 0.15) is 68.9 Å². The number of benzene rings is 2. The number of unbranched alkanes of at least 4 members (excludes halogenated alkanes) is 1. The van der Waals surface area contributed by atoms with Crippen LogP contribution < -0.4 is 21.7 Å². The van der Waals surface area contributed by atoms with E-state index in [0.29, 0.717) is 24.3 Å². The van der Waals surface area contributed by atoms with Gasteiger partial charge in [0.2, 0.25) is 17.7 Å². The van der Waals surface area contributed by atoms with Crippen molar-refractivity contribution in [1.29, 1.82) is 0 Å². The van der Waals surface area contributed by atoms with Crippen LogP contribution in [0.2, 0.25) is 0 Å². The van der Waals surface area contributed by atoms with E-state index in [1.165, 1.54) is 62.4 Å². The van der Waals surface area contributed by atoms with E-state index >= 15 is 0 Å². The van der Waals surface area contributed by atoms with Gasteiger partial charge in [-0.3, -0.25) is 33.7 Å². The number of amides is 6. The number of aliphatic carboxylic acids is 1. The van der Waals surface area contributed by atoms with Crippen molar-refractivity contribution in [2.75, 3.05) is 11.4 Å². The van der Waals surface area contributed by atoms with Crippen LogP contribution in [0.3, 0.4) is 0 Å². The molecule has 5 rings (SSSR count). The number of rotatable bonds is 13. The third kappa shape index (κ3) is 8.05. The third-order valence-corrected chi connectivity index (χ3v) is 11.0. The molecule has 19 heteroatoms. The van der Waals surface area contributed by atoms with Gasteiger partial charge in [0.05, 0.1) is 5.69 Å². The summed E-state index contributed by atoms with van der Waals surface area (Å²) in [5.74, 6) is -7.05. The maximum atomic E-state index is 14.2. The van der Waals surface area contributed by atoms with Gasteiger partial charge >= 0.3 is 5.97 Å². The average Bonchev–Trinajstić information content (AvgIpc) is 3.40. The Hall–Kier alpha value is -5.92. The molecule has 2 aliphatic heterocycles. The summed E-state index contributed by atoms with van der Waals surface area (Å²) >= 11 is 1.09. The molecule has 5 atom stereocenters. The smallest absolute Gasteiger partial charge is 0.327 e. The summed E-state index contributed by atoms with van der Waals surface area (Å²) < 4.78 is -0.994. The third-order valence-electron chi connectivity index (χ3n) is 9.44. The van der Waals surface area contributed by atoms with E-state index in [1.807, 2.05) is 0 Å². The summed E-state index contributed by atoms with van der Waals surface area (Å²) in [4.78, 5) is 103. The number of thioether (sulfide) groups is 1. The molecule has 0 bridgehead atoms. The van der Waals surface area contributed by atoms with Crippen molar-refractivity contribution in [3.8, 4) is 23.0 Å². The number of nitrogens with one attached hydrogen (secondary N) is 1. The van der Waals surface area contributed by atoms with Crippen LogP contribution >= 0.6 is 11.8 Å². The van der Waals surface area contributed by atoms with Crippen LogP contribution in [0, 0.1) is 0 Å². The van der Waals surface area contributed by atoms with E-state index in [-0.39, 0.29) is 34.8 Å². The molecule has 2 fully saturated rings. The summed E-state index contributed by atoms with van der Waals surface area (Å²) in [6, 6.07) is 5.84. The van der Waals surface area contributed by atoms with Gasteiger partial charge in [-0.15, -0.1) is 11.8 Å². The summed E-state index contributed by atoms with van der Waals surface area (Å²) in [7, 11) is 0. The number of nitrogens with zero attached hydrogens (tertiary/aromatic N) is 5. The zero-order valence-corrected chi connectivity index (χ0v) is 31.7. The molecular formula is C37H42N8O10S. The molecule has 2 aromatic carbocycles. The molecule has 1 aromatic heterocycles. The van der Waals surface area contributed by atoms with E-state index in [9.17, 15) is 48.9 Å². The van der Waals surface area contributed by atoms with Crippen LogP contribution in [0.4, 0.5) is 5.69 Å². The highest BCUT2D eigenvalue weighted by atomic mass is 32.2. The van der Waals surface area contributed by atoms with Gasteiger partial charge in [0, 0.05) is 30.4 Å². The normalized spacial score (nSPS) is 19.2. The number of nitrogens with two attached hydrogens (primary N) is 2. The molecule has 2 saturated heterocycles. The van der Waals surface area contributed by atoms with E-state index in [0.717, 1.165) is 27.8 Å². The molecule has 0 spiro atoms. The molecule has 0 aliphatic carbocycles. The van der Waals surface area contributed by atoms with Gasteiger partial charge in [-0.1, -0.05) is 12.1 Å². The lowest BCUT2D eigenvalue weighted by Crippen LogP contribution is -2.72. The number of anilines is 1. The first-order chi connectivity index (χ1) is 26.4. The minimum atomic E-state index is -1.52. The van der Waals surface area contributed by atoms with Crippen molar-refractivity contribution in [1.82, 2.24) is 25.1 Å². The van der Waals surface area contributed by atoms with Gasteiger partial charge < -0.3 is 37.0 Å². The Morgan fingerprint density at radius 1 is 0.982 bits per heavy atom. The molecule has 2 aliphatic rings. The standard InChI is InChI=1S/C37H42N8O10S/c1-18(46)41-25(7-5-6-16-38)32(51)43(19(2)47)22-12-8-21(9-13-22)29-40-17-24(30(49)42-29)31(50)44(33(52)26(39)20-10-14-23(48)15-11-20)27-34(53)45-28(36(54)55)37(3,4)56-35(27)45/h8-15,17,25-28,35,48H,5-7,16,38-39H2,1-4H3,(H,41,46)(H,54,55)(H,40,42,49)/t25?,26?,27-,28+,35-/m1/s1. The number of fused-ring (bicyclic) bond motifs is 1. The van der Waals surface area contributed by atoms with Crippen molar-refractivity contribution >= 4 is 58.9 Å². The van der Waals surface area contributed by atoms with Crippen LogP contribution in [0.5, 0.6) is 11.6 Å². The fraction of sp³-hybridized carbons (Fsp3) is 0.378. The Kier molecular flexibility index (Phi) is 12.1. The van der Waals surface area contributed by atoms with Crippen molar-refractivity contribution in [2.45, 2.75) is 81.2 Å². The van der Waals surface area contributed by atoms with Crippen LogP contribution in [0.15, 0.2) is 54.7 Å². The van der Waals surface area contributed by atoms with Gasteiger partial charge in [-0.2, -0.15) is 4.98 Å². The van der Waals surface area contributed by atoms with Crippen LogP contribution in [-0.2, 0) is 28.8 Å². The highest BCUT2D eigenvalue weighted by Crippen LogP contribution is 2.52. The molecule has 18 nitrogen and oxygen atoms in total. The first-order valence-corrected chi connectivity index (χ1v) is 18.4. The molecule has 2 unspecified atom stereocenters. The second-order valence-electron chi connectivity index (χ2n) is 13.8. The van der Waals surface area contributed by atoms with Crippen molar-refractivity contribution in [2.24, 2.45) is 11.5 Å². The van der Waals surface area contributed by atoms with Crippen molar-refractivity contribution in [3.05, 3.63) is 65.9 Å². The Labute approximate surface area is 325 Å². The largest absolute Gasteiger partial charge is 0.508 e.